The number of rotatable bonds is 2. The van der Waals surface area contributed by atoms with E-state index in [9.17, 15) is 28.6 Å². The molecule has 1 saturated heterocycles. The van der Waals surface area contributed by atoms with Crippen molar-refractivity contribution in [2.24, 2.45) is 0 Å². The van der Waals surface area contributed by atoms with E-state index in [4.69, 9.17) is 7.85 Å². The van der Waals surface area contributed by atoms with Crippen LogP contribution in [0.2, 0.25) is 0 Å². The summed E-state index contributed by atoms with van der Waals surface area (Å²) in [6.45, 7) is -3.72. The zero-order valence-electron chi connectivity index (χ0n) is 11.1. The minimum Gasteiger partial charge on any atom is -0.390 e. The van der Waals surface area contributed by atoms with Crippen LogP contribution in [-0.4, -0.2) is 49.5 Å². The summed E-state index contributed by atoms with van der Waals surface area (Å²) < 4.78 is 45.6. The van der Waals surface area contributed by atoms with E-state index in [1.54, 1.807) is 0 Å². The lowest BCUT2D eigenvalue weighted by molar-refractivity contribution is -0.207. The fourth-order valence-electron chi connectivity index (χ4n) is 1.65. The lowest BCUT2D eigenvalue weighted by Gasteiger charge is -2.19. The first-order chi connectivity index (χ1) is 9.49. The minimum absolute atomic E-state index is 0.220. The number of ether oxygens (including phenoxy) is 1. The lowest BCUT2D eigenvalue weighted by Crippen LogP contribution is -2.42. The van der Waals surface area contributed by atoms with Gasteiger partial charge in [-0.1, -0.05) is 0 Å². The van der Waals surface area contributed by atoms with Crippen molar-refractivity contribution in [3.8, 4) is 0 Å². The van der Waals surface area contributed by atoms with Crippen LogP contribution in [0, 0.1) is 5.82 Å². The summed E-state index contributed by atoms with van der Waals surface area (Å²) in [4.78, 5) is 23.9. The number of hydrogen-bond acceptors (Lipinski definition) is 6. The van der Waals surface area contributed by atoms with Crippen molar-refractivity contribution in [1.82, 2.24) is 9.55 Å². The number of aliphatic hydroxyl groups is 3. The summed E-state index contributed by atoms with van der Waals surface area (Å²) in [5.74, 6) is -5.22. The van der Waals surface area contributed by atoms with Gasteiger partial charge in [0.15, 0.2) is 6.23 Å². The van der Waals surface area contributed by atoms with Crippen molar-refractivity contribution in [3.63, 3.8) is 0 Å². The predicted molar refractivity (Wildman–Crippen MR) is 54.3 cm³/mol. The Kier molecular flexibility index (Phi) is 2.65. The van der Waals surface area contributed by atoms with Gasteiger partial charge in [-0.2, -0.15) is 4.39 Å². The van der Waals surface area contributed by atoms with E-state index in [-0.39, 0.29) is 4.57 Å². The summed E-state index contributed by atoms with van der Waals surface area (Å²) in [5.41, 5.74) is -2.66. The Morgan fingerprint density at radius 3 is 2.74 bits per heavy atom. The summed E-state index contributed by atoms with van der Waals surface area (Å²) in [5, 5.41) is 28.1. The molecule has 1 fully saturated rings. The van der Waals surface area contributed by atoms with Crippen molar-refractivity contribution in [2.75, 3.05) is 6.56 Å². The van der Waals surface area contributed by atoms with Crippen LogP contribution in [0.1, 0.15) is 8.97 Å². The second-order valence-electron chi connectivity index (χ2n) is 3.84. The van der Waals surface area contributed by atoms with E-state index >= 15 is 0 Å². The zero-order valence-corrected chi connectivity index (χ0v) is 9.08. The highest BCUT2D eigenvalue weighted by atomic mass is 19.2. The highest BCUT2D eigenvalue weighted by Crippen LogP contribution is 2.37. The third kappa shape index (κ3) is 2.08. The van der Waals surface area contributed by atoms with E-state index in [1.807, 2.05) is 0 Å². The second kappa shape index (κ2) is 4.49. The first kappa shape index (κ1) is 11.2. The molecule has 0 saturated carbocycles. The van der Waals surface area contributed by atoms with Crippen LogP contribution >= 0.6 is 0 Å². The predicted octanol–water partition coefficient (Wildman–Crippen LogP) is -2.42. The van der Waals surface area contributed by atoms with Gasteiger partial charge in [-0.3, -0.25) is 14.3 Å². The molecule has 0 bridgehead atoms. The number of aliphatic hydroxyl groups excluding tert-OH is 2. The summed E-state index contributed by atoms with van der Waals surface area (Å²) in [7, 11) is 0. The van der Waals surface area contributed by atoms with Crippen LogP contribution in [0.4, 0.5) is 8.78 Å². The van der Waals surface area contributed by atoms with Gasteiger partial charge in [0.1, 0.15) is 18.8 Å². The summed E-state index contributed by atoms with van der Waals surface area (Å²) in [6, 6.07) is 0. The zero-order chi connectivity index (χ0) is 16.2. The molecule has 1 aromatic rings. The molecule has 0 unspecified atom stereocenters. The smallest absolute Gasteiger partial charge is 0.330 e. The molecule has 1 aliphatic rings. The highest BCUT2D eigenvalue weighted by Gasteiger charge is 2.55. The highest BCUT2D eigenvalue weighted by molar-refractivity contribution is 4.97. The molecule has 1 aliphatic heterocycles. The van der Waals surface area contributed by atoms with E-state index in [2.05, 4.69) is 4.74 Å². The van der Waals surface area contributed by atoms with Crippen LogP contribution in [0.15, 0.2) is 15.8 Å². The summed E-state index contributed by atoms with van der Waals surface area (Å²) >= 11 is 0. The van der Waals surface area contributed by atoms with Gasteiger partial charge in [0.25, 0.3) is 11.4 Å². The number of H-pyrrole nitrogens is 1. The van der Waals surface area contributed by atoms with E-state index in [0.717, 1.165) is 0 Å². The molecule has 106 valence electrons. The van der Waals surface area contributed by atoms with Gasteiger partial charge in [-0.15, -0.1) is 0 Å². The molecule has 10 heteroatoms. The van der Waals surface area contributed by atoms with Gasteiger partial charge in [0.05, 0.1) is 8.94 Å². The normalized spacial score (nSPS) is 37.0. The van der Waals surface area contributed by atoms with Gasteiger partial charge in [-0.05, 0) is 0 Å². The molecule has 4 N–H and O–H groups in total. The molecule has 8 nitrogen and oxygen atoms in total. The SMILES string of the molecule is [2H]C([2H])(O)[C@@]1(F)O[C@@H](n2cc(F)c(=O)[nH]c2=O)[C@H](O)[C@@H]1O. The average molecular weight is 282 g/mol. The Morgan fingerprint density at radius 1 is 1.58 bits per heavy atom. The van der Waals surface area contributed by atoms with Crippen molar-refractivity contribution in [1.29, 1.82) is 0 Å². The Bertz CT molecular complexity index is 673. The Hall–Kier alpha value is -1.62. The van der Waals surface area contributed by atoms with Gasteiger partial charge in [0, 0.05) is 0 Å². The maximum Gasteiger partial charge on any atom is 0.330 e. The summed E-state index contributed by atoms with van der Waals surface area (Å²) in [6.07, 6.45) is -6.55. The molecule has 2 heterocycles. The molecule has 4 atom stereocenters. The standard InChI is InChI=1S/C9H10F2N2O6/c10-3-1-13(8(18)12-6(3)17)7-4(15)5(16)9(11,2-14)19-7/h1,4-5,7,14-16H,2H2,(H,12,17,18)/t4-,5+,7-,9-/m1/s1/i2D2. The molecule has 0 spiro atoms. The Balaban J connectivity index is 2.51. The Labute approximate surface area is 106 Å². The molecule has 0 aliphatic carbocycles. The maximum absolute atomic E-state index is 14.2. The largest absolute Gasteiger partial charge is 0.390 e. The van der Waals surface area contributed by atoms with E-state index in [1.165, 1.54) is 4.98 Å². The molecular formula is C9H10F2N2O6. The van der Waals surface area contributed by atoms with E-state index in [0.29, 0.717) is 6.20 Å². The van der Waals surface area contributed by atoms with Crippen molar-refractivity contribution < 1.29 is 31.6 Å². The molecule has 0 radical (unpaired) electrons. The van der Waals surface area contributed by atoms with Crippen molar-refractivity contribution >= 4 is 0 Å². The number of aromatic nitrogens is 2. The lowest BCUT2D eigenvalue weighted by atomic mass is 10.1. The van der Waals surface area contributed by atoms with Crippen LogP contribution in [0.25, 0.3) is 0 Å². The van der Waals surface area contributed by atoms with Crippen LogP contribution in [-0.2, 0) is 4.74 Å². The van der Waals surface area contributed by atoms with Crippen LogP contribution in [0.5, 0.6) is 0 Å². The molecular weight excluding hydrogens is 270 g/mol. The fraction of sp³-hybridized carbons (Fsp3) is 0.556. The maximum atomic E-state index is 14.2. The third-order valence-electron chi connectivity index (χ3n) is 2.64. The van der Waals surface area contributed by atoms with Crippen molar-refractivity contribution in [2.45, 2.75) is 24.3 Å². The average Bonchev–Trinajstić information content (AvgIpc) is 2.59. The first-order valence-electron chi connectivity index (χ1n) is 5.95. The molecule has 2 rings (SSSR count). The topological polar surface area (TPSA) is 125 Å². The van der Waals surface area contributed by atoms with Crippen LogP contribution in [0.3, 0.4) is 0 Å². The Morgan fingerprint density at radius 2 is 2.21 bits per heavy atom. The third-order valence-corrected chi connectivity index (χ3v) is 2.64. The first-order valence-corrected chi connectivity index (χ1v) is 4.95. The molecule has 1 aromatic heterocycles. The quantitative estimate of drug-likeness (QED) is 0.478. The fourth-order valence-corrected chi connectivity index (χ4v) is 1.65. The number of hydrogen-bond donors (Lipinski definition) is 4. The van der Waals surface area contributed by atoms with Crippen molar-refractivity contribution in [3.05, 3.63) is 32.9 Å². The number of aromatic amines is 1. The van der Waals surface area contributed by atoms with Gasteiger partial charge >= 0.3 is 5.69 Å². The number of nitrogens with one attached hydrogen (secondary N) is 1. The van der Waals surface area contributed by atoms with Gasteiger partial charge < -0.3 is 20.1 Å². The second-order valence-corrected chi connectivity index (χ2v) is 3.84. The van der Waals surface area contributed by atoms with Crippen LogP contribution < -0.4 is 11.2 Å². The van der Waals surface area contributed by atoms with Gasteiger partial charge in [-0.25, -0.2) is 9.18 Å². The number of halogens is 2. The molecule has 0 amide bonds. The van der Waals surface area contributed by atoms with Gasteiger partial charge in [0.2, 0.25) is 5.82 Å². The number of nitrogens with zero attached hydrogens (tertiary/aromatic N) is 1. The number of alkyl halides is 1. The molecule has 0 aromatic carbocycles. The monoisotopic (exact) mass is 282 g/mol. The molecule has 19 heavy (non-hydrogen) atoms. The minimum atomic E-state index is -3.76. The van der Waals surface area contributed by atoms with E-state index < -0.39 is 47.9 Å².